The Hall–Kier alpha value is -3.11. The maximum absolute atomic E-state index is 12.7. The van der Waals surface area contributed by atoms with E-state index in [9.17, 15) is 4.79 Å². The van der Waals surface area contributed by atoms with Crippen LogP contribution in [0.4, 0.5) is 0 Å². The van der Waals surface area contributed by atoms with Crippen molar-refractivity contribution in [3.05, 3.63) is 101 Å². The van der Waals surface area contributed by atoms with Crippen molar-refractivity contribution in [2.24, 2.45) is 0 Å². The Kier molecular flexibility index (Phi) is 6.82. The van der Waals surface area contributed by atoms with E-state index in [4.69, 9.17) is 9.47 Å². The molecule has 0 saturated carbocycles. The summed E-state index contributed by atoms with van der Waals surface area (Å²) in [5, 5.41) is 3.04. The molecule has 3 aromatic rings. The Bertz CT molecular complexity index is 894. The van der Waals surface area contributed by atoms with E-state index in [0.717, 1.165) is 16.7 Å². The van der Waals surface area contributed by atoms with Gasteiger partial charge in [0.2, 0.25) is 0 Å². The van der Waals surface area contributed by atoms with E-state index in [-0.39, 0.29) is 11.9 Å². The molecule has 1 amide bonds. The van der Waals surface area contributed by atoms with Crippen LogP contribution in [0.25, 0.3) is 0 Å². The van der Waals surface area contributed by atoms with Crippen LogP contribution < -0.4 is 10.1 Å². The zero-order valence-electron chi connectivity index (χ0n) is 16.2. The van der Waals surface area contributed by atoms with Crippen molar-refractivity contribution in [1.82, 2.24) is 5.32 Å². The topological polar surface area (TPSA) is 47.6 Å². The van der Waals surface area contributed by atoms with Crippen LogP contribution in [0.3, 0.4) is 0 Å². The second-order valence-electron chi connectivity index (χ2n) is 6.61. The number of methoxy groups -OCH3 is 1. The molecule has 0 aliphatic heterocycles. The van der Waals surface area contributed by atoms with Crippen molar-refractivity contribution < 1.29 is 14.3 Å². The molecule has 4 nitrogen and oxygen atoms in total. The SMILES string of the molecule is COc1ccc(C(=O)NC(C)c2ccccc2)cc1COCc1ccccc1. The van der Waals surface area contributed by atoms with Crippen LogP contribution in [-0.4, -0.2) is 13.0 Å². The lowest BCUT2D eigenvalue weighted by atomic mass is 10.1. The monoisotopic (exact) mass is 375 g/mol. The highest BCUT2D eigenvalue weighted by atomic mass is 16.5. The highest BCUT2D eigenvalue weighted by Gasteiger charge is 2.14. The lowest BCUT2D eigenvalue weighted by molar-refractivity contribution is 0.0937. The molecule has 0 aliphatic carbocycles. The minimum absolute atomic E-state index is 0.0754. The molecule has 0 spiro atoms. The van der Waals surface area contributed by atoms with Crippen molar-refractivity contribution >= 4 is 5.91 Å². The molecule has 0 heterocycles. The normalized spacial score (nSPS) is 11.6. The minimum atomic E-state index is -0.122. The highest BCUT2D eigenvalue weighted by molar-refractivity contribution is 5.94. The molecule has 1 N–H and O–H groups in total. The van der Waals surface area contributed by atoms with Crippen molar-refractivity contribution in [1.29, 1.82) is 0 Å². The summed E-state index contributed by atoms with van der Waals surface area (Å²) >= 11 is 0. The first-order chi connectivity index (χ1) is 13.7. The van der Waals surface area contributed by atoms with Gasteiger partial charge in [0.15, 0.2) is 0 Å². The fraction of sp³-hybridized carbons (Fsp3) is 0.208. The van der Waals surface area contributed by atoms with Crippen molar-refractivity contribution in [2.45, 2.75) is 26.2 Å². The summed E-state index contributed by atoms with van der Waals surface area (Å²) < 4.78 is 11.2. The fourth-order valence-corrected chi connectivity index (χ4v) is 2.99. The van der Waals surface area contributed by atoms with E-state index in [1.54, 1.807) is 13.2 Å². The van der Waals surface area contributed by atoms with Crippen LogP contribution in [0.15, 0.2) is 78.9 Å². The maximum Gasteiger partial charge on any atom is 0.251 e. The van der Waals surface area contributed by atoms with Crippen LogP contribution in [-0.2, 0) is 18.0 Å². The van der Waals surface area contributed by atoms with Gasteiger partial charge in [0.25, 0.3) is 5.91 Å². The summed E-state index contributed by atoms with van der Waals surface area (Å²) in [6.07, 6.45) is 0. The second-order valence-corrected chi connectivity index (χ2v) is 6.61. The van der Waals surface area contributed by atoms with Gasteiger partial charge < -0.3 is 14.8 Å². The summed E-state index contributed by atoms with van der Waals surface area (Å²) in [7, 11) is 1.62. The molecule has 0 saturated heterocycles. The first-order valence-corrected chi connectivity index (χ1v) is 9.32. The third-order valence-electron chi connectivity index (χ3n) is 4.56. The highest BCUT2D eigenvalue weighted by Crippen LogP contribution is 2.22. The maximum atomic E-state index is 12.7. The van der Waals surface area contributed by atoms with Crippen LogP contribution in [0.1, 0.15) is 40.0 Å². The van der Waals surface area contributed by atoms with Gasteiger partial charge in [0.1, 0.15) is 5.75 Å². The van der Waals surface area contributed by atoms with E-state index < -0.39 is 0 Å². The predicted molar refractivity (Wildman–Crippen MR) is 110 cm³/mol. The number of ether oxygens (including phenoxy) is 2. The van der Waals surface area contributed by atoms with Gasteiger partial charge >= 0.3 is 0 Å². The standard InChI is InChI=1S/C24H25NO3/c1-18(20-11-7-4-8-12-20)25-24(26)21-13-14-23(27-2)22(15-21)17-28-16-19-9-5-3-6-10-19/h3-15,18H,16-17H2,1-2H3,(H,25,26). The van der Waals surface area contributed by atoms with E-state index in [1.807, 2.05) is 79.7 Å². The molecular formula is C24H25NO3. The summed E-state index contributed by atoms with van der Waals surface area (Å²) in [5.41, 5.74) is 3.60. The van der Waals surface area contributed by atoms with Crippen molar-refractivity contribution in [3.8, 4) is 5.75 Å². The first kappa shape index (κ1) is 19.6. The Morgan fingerprint density at radius 2 is 1.61 bits per heavy atom. The number of nitrogens with one attached hydrogen (secondary N) is 1. The number of benzene rings is 3. The molecule has 0 bridgehead atoms. The van der Waals surface area contributed by atoms with Gasteiger partial charge in [-0.15, -0.1) is 0 Å². The van der Waals surface area contributed by atoms with Crippen molar-refractivity contribution in [2.75, 3.05) is 7.11 Å². The minimum Gasteiger partial charge on any atom is -0.496 e. The zero-order valence-corrected chi connectivity index (χ0v) is 16.2. The molecule has 28 heavy (non-hydrogen) atoms. The molecule has 0 aliphatic rings. The van der Waals surface area contributed by atoms with E-state index in [0.29, 0.717) is 24.5 Å². The molecule has 0 fully saturated rings. The Labute approximate surface area is 166 Å². The van der Waals surface area contributed by atoms with E-state index in [1.165, 1.54) is 0 Å². The molecule has 144 valence electrons. The molecule has 0 radical (unpaired) electrons. The smallest absolute Gasteiger partial charge is 0.251 e. The van der Waals surface area contributed by atoms with Crippen LogP contribution in [0.2, 0.25) is 0 Å². The lowest BCUT2D eigenvalue weighted by Crippen LogP contribution is -2.26. The van der Waals surface area contributed by atoms with Crippen LogP contribution in [0, 0.1) is 0 Å². The Morgan fingerprint density at radius 3 is 2.29 bits per heavy atom. The van der Waals surface area contributed by atoms with E-state index in [2.05, 4.69) is 5.32 Å². The molecular weight excluding hydrogens is 350 g/mol. The van der Waals surface area contributed by atoms with Crippen LogP contribution in [0.5, 0.6) is 5.75 Å². The lowest BCUT2D eigenvalue weighted by Gasteiger charge is -2.16. The fourth-order valence-electron chi connectivity index (χ4n) is 2.99. The zero-order chi connectivity index (χ0) is 19.8. The second kappa shape index (κ2) is 9.72. The van der Waals surface area contributed by atoms with Gasteiger partial charge in [-0.2, -0.15) is 0 Å². The number of carbonyl (C=O) groups is 1. The number of rotatable bonds is 8. The van der Waals surface area contributed by atoms with Gasteiger partial charge in [-0.3, -0.25) is 4.79 Å². The number of carbonyl (C=O) groups excluding carboxylic acids is 1. The third kappa shape index (κ3) is 5.21. The van der Waals surface area contributed by atoms with Gasteiger partial charge in [0, 0.05) is 11.1 Å². The van der Waals surface area contributed by atoms with Crippen LogP contribution >= 0.6 is 0 Å². The number of amides is 1. The number of hydrogen-bond donors (Lipinski definition) is 1. The predicted octanol–water partition coefficient (Wildman–Crippen LogP) is 4.90. The number of hydrogen-bond acceptors (Lipinski definition) is 3. The Balaban J connectivity index is 1.66. The quantitative estimate of drug-likeness (QED) is 0.609. The molecule has 0 aromatic heterocycles. The third-order valence-corrected chi connectivity index (χ3v) is 4.56. The largest absolute Gasteiger partial charge is 0.496 e. The summed E-state index contributed by atoms with van der Waals surface area (Å²) in [6.45, 7) is 2.85. The average molecular weight is 375 g/mol. The van der Waals surface area contributed by atoms with E-state index >= 15 is 0 Å². The summed E-state index contributed by atoms with van der Waals surface area (Å²) in [6, 6.07) is 25.2. The van der Waals surface area contributed by atoms with Gasteiger partial charge in [0.05, 0.1) is 26.4 Å². The average Bonchev–Trinajstić information content (AvgIpc) is 2.75. The van der Waals surface area contributed by atoms with Gasteiger partial charge in [-0.05, 0) is 36.2 Å². The molecule has 3 aromatic carbocycles. The van der Waals surface area contributed by atoms with Gasteiger partial charge in [-0.1, -0.05) is 60.7 Å². The summed E-state index contributed by atoms with van der Waals surface area (Å²) in [5.74, 6) is 0.587. The summed E-state index contributed by atoms with van der Waals surface area (Å²) in [4.78, 5) is 12.7. The molecule has 4 heteroatoms. The van der Waals surface area contributed by atoms with Gasteiger partial charge in [-0.25, -0.2) is 0 Å². The molecule has 3 rings (SSSR count). The first-order valence-electron chi connectivity index (χ1n) is 9.32. The van der Waals surface area contributed by atoms with Crippen molar-refractivity contribution in [3.63, 3.8) is 0 Å². The Morgan fingerprint density at radius 1 is 0.929 bits per heavy atom. The molecule has 1 unspecified atom stereocenters. The molecule has 1 atom stereocenters.